The van der Waals surface area contributed by atoms with Gasteiger partial charge in [-0.3, -0.25) is 0 Å². The molecule has 3 rings (SSSR count). The predicted molar refractivity (Wildman–Crippen MR) is 69.3 cm³/mol. The number of esters is 1. The highest BCUT2D eigenvalue weighted by Crippen LogP contribution is 2.58. The number of carbonyl (C=O) groups excluding carboxylic acids is 1. The van der Waals surface area contributed by atoms with Crippen LogP contribution in [-0.4, -0.2) is 34.0 Å². The second-order valence-electron chi connectivity index (χ2n) is 6.76. The van der Waals surface area contributed by atoms with Crippen LogP contribution in [-0.2, 0) is 9.53 Å². The number of ether oxygens (including phenoxy) is 1. The van der Waals surface area contributed by atoms with Gasteiger partial charge in [-0.05, 0) is 37.7 Å². The summed E-state index contributed by atoms with van der Waals surface area (Å²) in [5.41, 5.74) is 0.189. The number of hydrogen-bond acceptors (Lipinski definition) is 4. The Hall–Kier alpha value is -0.870. The van der Waals surface area contributed by atoms with E-state index >= 15 is 0 Å². The van der Waals surface area contributed by atoms with Gasteiger partial charge in [-0.2, -0.15) is 0 Å². The van der Waals surface area contributed by atoms with Crippen molar-refractivity contribution in [1.29, 1.82) is 0 Å². The van der Waals surface area contributed by atoms with Crippen LogP contribution in [0.25, 0.3) is 0 Å². The van der Waals surface area contributed by atoms with E-state index < -0.39 is 11.7 Å². The molecule has 2 aliphatic carbocycles. The number of aliphatic hydroxyl groups excluding tert-OH is 1. The highest BCUT2D eigenvalue weighted by atomic mass is 16.5. The van der Waals surface area contributed by atoms with Crippen LogP contribution in [0.1, 0.15) is 46.5 Å². The van der Waals surface area contributed by atoms with E-state index in [2.05, 4.69) is 6.92 Å². The maximum atomic E-state index is 11.7. The molecule has 0 amide bonds. The van der Waals surface area contributed by atoms with Gasteiger partial charge in [-0.15, -0.1) is 0 Å². The summed E-state index contributed by atoms with van der Waals surface area (Å²) >= 11 is 0. The summed E-state index contributed by atoms with van der Waals surface area (Å²) in [5.74, 6) is 0.0471. The highest BCUT2D eigenvalue weighted by Gasteiger charge is 2.62. The fourth-order valence-corrected chi connectivity index (χ4v) is 4.22. The van der Waals surface area contributed by atoms with Crippen molar-refractivity contribution in [3.8, 4) is 0 Å². The van der Waals surface area contributed by atoms with Gasteiger partial charge in [0.1, 0.15) is 11.7 Å². The minimum Gasteiger partial charge on any atom is -0.454 e. The SMILES string of the molecule is CC1=C2C[C@]3(C)[C@@H](C)CC[C@@H](O)C3(O)C[C@H]2OC1=O. The Kier molecular flexibility index (Phi) is 2.64. The van der Waals surface area contributed by atoms with Crippen molar-refractivity contribution in [1.82, 2.24) is 0 Å². The molecule has 0 bridgehead atoms. The fraction of sp³-hybridized carbons (Fsp3) is 0.800. The highest BCUT2D eigenvalue weighted by molar-refractivity contribution is 5.91. The van der Waals surface area contributed by atoms with Crippen molar-refractivity contribution >= 4 is 5.97 Å². The van der Waals surface area contributed by atoms with Gasteiger partial charge in [0.05, 0.1) is 6.10 Å². The molecule has 2 N–H and O–H groups in total. The molecule has 0 aromatic heterocycles. The molecule has 0 saturated heterocycles. The lowest BCUT2D eigenvalue weighted by Gasteiger charge is -2.58. The molecule has 5 atom stereocenters. The summed E-state index contributed by atoms with van der Waals surface area (Å²) in [6, 6.07) is 0. The molecule has 2 fully saturated rings. The lowest BCUT2D eigenvalue weighted by atomic mass is 9.51. The van der Waals surface area contributed by atoms with E-state index in [1.807, 2.05) is 6.92 Å². The molecular formula is C15H22O4. The van der Waals surface area contributed by atoms with Crippen molar-refractivity contribution in [3.05, 3.63) is 11.1 Å². The lowest BCUT2D eigenvalue weighted by Crippen LogP contribution is -2.64. The van der Waals surface area contributed by atoms with Gasteiger partial charge in [0.15, 0.2) is 0 Å². The van der Waals surface area contributed by atoms with E-state index in [0.717, 1.165) is 12.0 Å². The first-order valence-electron chi connectivity index (χ1n) is 7.10. The first-order valence-corrected chi connectivity index (χ1v) is 7.10. The summed E-state index contributed by atoms with van der Waals surface area (Å²) in [6.07, 6.45) is 1.43. The molecule has 2 saturated carbocycles. The summed E-state index contributed by atoms with van der Waals surface area (Å²) in [4.78, 5) is 11.7. The van der Waals surface area contributed by atoms with Crippen molar-refractivity contribution in [3.63, 3.8) is 0 Å². The smallest absolute Gasteiger partial charge is 0.334 e. The zero-order valence-corrected chi connectivity index (χ0v) is 11.8. The molecule has 4 nitrogen and oxygen atoms in total. The Balaban J connectivity index is 2.06. The van der Waals surface area contributed by atoms with E-state index in [1.54, 1.807) is 6.92 Å². The number of aliphatic hydroxyl groups is 2. The topological polar surface area (TPSA) is 66.8 Å². The maximum absolute atomic E-state index is 11.7. The molecular weight excluding hydrogens is 244 g/mol. The monoisotopic (exact) mass is 266 g/mol. The standard InChI is InChI=1S/C15H22O4/c1-8-4-5-12(16)15(18)7-11-10(6-14(8,15)3)9(2)13(17)19-11/h8,11-12,16,18H,4-7H2,1-3H3/t8-,11+,12+,14+,15?/m0/s1. The average Bonchev–Trinajstić information content (AvgIpc) is 2.61. The predicted octanol–water partition coefficient (Wildman–Crippen LogP) is 1.55. The van der Waals surface area contributed by atoms with Gasteiger partial charge in [0.2, 0.25) is 0 Å². The molecule has 1 unspecified atom stereocenters. The first kappa shape index (κ1) is 13.1. The average molecular weight is 266 g/mol. The van der Waals surface area contributed by atoms with E-state index in [4.69, 9.17) is 4.74 Å². The van der Waals surface area contributed by atoms with Crippen molar-refractivity contribution in [2.45, 2.75) is 64.3 Å². The fourth-order valence-electron chi connectivity index (χ4n) is 4.22. The third kappa shape index (κ3) is 1.50. The van der Waals surface area contributed by atoms with E-state index in [9.17, 15) is 15.0 Å². The second-order valence-corrected chi connectivity index (χ2v) is 6.76. The summed E-state index contributed by atoms with van der Waals surface area (Å²) in [5, 5.41) is 21.3. The summed E-state index contributed by atoms with van der Waals surface area (Å²) < 4.78 is 5.34. The molecule has 0 spiro atoms. The van der Waals surface area contributed by atoms with E-state index in [1.165, 1.54) is 0 Å². The molecule has 0 aromatic rings. The third-order valence-electron chi connectivity index (χ3n) is 5.98. The van der Waals surface area contributed by atoms with Crippen molar-refractivity contribution in [2.75, 3.05) is 0 Å². The minimum atomic E-state index is -1.15. The Morgan fingerprint density at radius 1 is 1.37 bits per heavy atom. The third-order valence-corrected chi connectivity index (χ3v) is 5.98. The second kappa shape index (κ2) is 3.83. The minimum absolute atomic E-state index is 0.270. The van der Waals surface area contributed by atoms with Crippen LogP contribution in [0.3, 0.4) is 0 Å². The van der Waals surface area contributed by atoms with Gasteiger partial charge in [-0.25, -0.2) is 4.79 Å². The Morgan fingerprint density at radius 3 is 2.74 bits per heavy atom. The molecule has 0 radical (unpaired) electrons. The Bertz CT molecular complexity index is 469. The van der Waals surface area contributed by atoms with Crippen LogP contribution in [0.2, 0.25) is 0 Å². The quantitative estimate of drug-likeness (QED) is 0.653. The van der Waals surface area contributed by atoms with Crippen LogP contribution in [0.4, 0.5) is 0 Å². The zero-order chi connectivity index (χ0) is 14.0. The van der Waals surface area contributed by atoms with Crippen molar-refractivity contribution < 1.29 is 19.7 Å². The normalized spacial score (nSPS) is 49.7. The van der Waals surface area contributed by atoms with Crippen LogP contribution in [0, 0.1) is 11.3 Å². The number of carbonyl (C=O) groups is 1. The van der Waals surface area contributed by atoms with Gasteiger partial charge in [0, 0.05) is 17.4 Å². The van der Waals surface area contributed by atoms with Gasteiger partial charge < -0.3 is 14.9 Å². The number of rotatable bonds is 0. The molecule has 3 aliphatic rings. The van der Waals surface area contributed by atoms with Gasteiger partial charge in [0.25, 0.3) is 0 Å². The lowest BCUT2D eigenvalue weighted by molar-refractivity contribution is -0.221. The Labute approximate surface area is 113 Å². The Morgan fingerprint density at radius 2 is 2.05 bits per heavy atom. The number of fused-ring (bicyclic) bond motifs is 2. The molecule has 1 aliphatic heterocycles. The molecule has 4 heteroatoms. The molecule has 106 valence electrons. The largest absolute Gasteiger partial charge is 0.454 e. The van der Waals surface area contributed by atoms with E-state index in [-0.39, 0.29) is 17.5 Å². The van der Waals surface area contributed by atoms with Crippen LogP contribution in [0.15, 0.2) is 11.1 Å². The number of hydrogen-bond donors (Lipinski definition) is 2. The molecule has 1 heterocycles. The van der Waals surface area contributed by atoms with Gasteiger partial charge in [-0.1, -0.05) is 13.8 Å². The molecule has 0 aromatic carbocycles. The molecule has 19 heavy (non-hydrogen) atoms. The van der Waals surface area contributed by atoms with Crippen molar-refractivity contribution in [2.24, 2.45) is 11.3 Å². The van der Waals surface area contributed by atoms with Crippen LogP contribution >= 0.6 is 0 Å². The van der Waals surface area contributed by atoms with Crippen LogP contribution < -0.4 is 0 Å². The summed E-state index contributed by atoms with van der Waals surface area (Å²) in [7, 11) is 0. The van der Waals surface area contributed by atoms with Gasteiger partial charge >= 0.3 is 5.97 Å². The maximum Gasteiger partial charge on any atom is 0.334 e. The first-order chi connectivity index (χ1) is 8.79. The zero-order valence-electron chi connectivity index (χ0n) is 11.8. The summed E-state index contributed by atoms with van der Waals surface area (Å²) in [6.45, 7) is 5.97. The van der Waals surface area contributed by atoms with E-state index in [0.29, 0.717) is 30.8 Å². The van der Waals surface area contributed by atoms with Crippen LogP contribution in [0.5, 0.6) is 0 Å².